The molecule has 0 aromatic carbocycles. The molecular formula is C15H24N2O2. The van der Waals surface area contributed by atoms with Gasteiger partial charge in [0.05, 0.1) is 11.8 Å². The van der Waals surface area contributed by atoms with Gasteiger partial charge >= 0.3 is 0 Å². The van der Waals surface area contributed by atoms with Crippen LogP contribution in [0.4, 0.5) is 0 Å². The van der Waals surface area contributed by atoms with Crippen LogP contribution in [-0.4, -0.2) is 35.8 Å². The lowest BCUT2D eigenvalue weighted by molar-refractivity contribution is -0.141. The lowest BCUT2D eigenvalue weighted by atomic mass is 9.97. The molecule has 3 aliphatic rings. The van der Waals surface area contributed by atoms with Crippen LogP contribution in [0.5, 0.6) is 0 Å². The van der Waals surface area contributed by atoms with Crippen molar-refractivity contribution in [3.05, 3.63) is 0 Å². The summed E-state index contributed by atoms with van der Waals surface area (Å²) in [4.78, 5) is 25.7. The Labute approximate surface area is 114 Å². The molecule has 0 spiro atoms. The van der Waals surface area contributed by atoms with Crippen molar-refractivity contribution in [2.75, 3.05) is 13.1 Å². The fraction of sp³-hybridized carbons (Fsp3) is 0.867. The topological polar surface area (TPSA) is 49.4 Å². The first-order chi connectivity index (χ1) is 9.22. The zero-order valence-electron chi connectivity index (χ0n) is 11.7. The van der Waals surface area contributed by atoms with Crippen LogP contribution < -0.4 is 5.32 Å². The number of likely N-dealkylation sites (tertiary alicyclic amines) is 1. The van der Waals surface area contributed by atoms with Gasteiger partial charge in [0.15, 0.2) is 0 Å². The molecular weight excluding hydrogens is 240 g/mol. The van der Waals surface area contributed by atoms with Crippen molar-refractivity contribution >= 4 is 11.8 Å². The first-order valence-electron chi connectivity index (χ1n) is 7.81. The third-order valence-corrected chi connectivity index (χ3v) is 4.96. The van der Waals surface area contributed by atoms with E-state index >= 15 is 0 Å². The molecule has 4 heteroatoms. The van der Waals surface area contributed by atoms with Gasteiger partial charge in [-0.2, -0.15) is 0 Å². The number of carbonyl (C=O) groups excluding carboxylic acids is 2. The molecule has 3 unspecified atom stereocenters. The molecule has 2 aliphatic carbocycles. The second-order valence-corrected chi connectivity index (χ2v) is 6.34. The minimum Gasteiger partial charge on any atom is -0.312 e. The van der Waals surface area contributed by atoms with Gasteiger partial charge in [0.1, 0.15) is 0 Å². The van der Waals surface area contributed by atoms with E-state index in [9.17, 15) is 9.59 Å². The van der Waals surface area contributed by atoms with Crippen LogP contribution in [0.25, 0.3) is 0 Å². The van der Waals surface area contributed by atoms with E-state index in [0.29, 0.717) is 18.5 Å². The number of nitrogens with zero attached hydrogens (tertiary/aromatic N) is 1. The predicted octanol–water partition coefficient (Wildman–Crippen LogP) is 1.55. The number of piperidine rings is 1. The molecule has 1 saturated heterocycles. The largest absolute Gasteiger partial charge is 0.312 e. The van der Waals surface area contributed by atoms with E-state index in [-0.39, 0.29) is 23.7 Å². The Morgan fingerprint density at radius 2 is 1.84 bits per heavy atom. The normalized spacial score (nSPS) is 31.9. The predicted molar refractivity (Wildman–Crippen MR) is 72.4 cm³/mol. The zero-order chi connectivity index (χ0) is 13.4. The molecule has 4 nitrogen and oxygen atoms in total. The van der Waals surface area contributed by atoms with E-state index in [1.54, 1.807) is 4.90 Å². The monoisotopic (exact) mass is 264 g/mol. The SMILES string of the molecule is CCCNC(CN1C(=O)C2CC2C1=O)C1CCCC1. The highest BCUT2D eigenvalue weighted by Crippen LogP contribution is 2.47. The van der Waals surface area contributed by atoms with Crippen LogP contribution in [0.1, 0.15) is 45.4 Å². The van der Waals surface area contributed by atoms with Gasteiger partial charge in [0.25, 0.3) is 0 Å². The van der Waals surface area contributed by atoms with Gasteiger partial charge in [-0.1, -0.05) is 19.8 Å². The maximum atomic E-state index is 12.1. The average Bonchev–Trinajstić information content (AvgIpc) is 2.96. The van der Waals surface area contributed by atoms with Gasteiger partial charge in [0, 0.05) is 12.6 Å². The Morgan fingerprint density at radius 3 is 2.42 bits per heavy atom. The minimum atomic E-state index is 0.0444. The van der Waals surface area contributed by atoms with Gasteiger partial charge in [-0.15, -0.1) is 0 Å². The van der Waals surface area contributed by atoms with Crippen molar-refractivity contribution in [1.82, 2.24) is 10.2 Å². The summed E-state index contributed by atoms with van der Waals surface area (Å²) in [6.07, 6.45) is 6.97. The number of rotatable bonds is 6. The number of carbonyl (C=O) groups is 2. The van der Waals surface area contributed by atoms with Gasteiger partial charge in [0.2, 0.25) is 11.8 Å². The third kappa shape index (κ3) is 2.42. The van der Waals surface area contributed by atoms with Crippen LogP contribution in [0.15, 0.2) is 0 Å². The van der Waals surface area contributed by atoms with Gasteiger partial charge < -0.3 is 5.32 Å². The number of fused-ring (bicyclic) bond motifs is 1. The van der Waals surface area contributed by atoms with Crippen LogP contribution in [0.2, 0.25) is 0 Å². The molecule has 0 aromatic heterocycles. The Hall–Kier alpha value is -0.900. The number of nitrogens with one attached hydrogen (secondary N) is 1. The van der Waals surface area contributed by atoms with Crippen molar-refractivity contribution < 1.29 is 9.59 Å². The molecule has 2 saturated carbocycles. The molecule has 3 atom stereocenters. The molecule has 3 rings (SSSR count). The standard InChI is InChI=1S/C15H24N2O2/c1-2-7-16-13(10-5-3-4-6-10)9-17-14(18)11-8-12(11)15(17)19/h10-13,16H,2-9H2,1H3. The number of imide groups is 1. The zero-order valence-corrected chi connectivity index (χ0v) is 11.7. The molecule has 2 amide bonds. The molecule has 1 heterocycles. The van der Waals surface area contributed by atoms with E-state index in [1.165, 1.54) is 25.7 Å². The summed E-state index contributed by atoms with van der Waals surface area (Å²) in [5, 5.41) is 3.56. The Morgan fingerprint density at radius 1 is 1.21 bits per heavy atom. The molecule has 0 bridgehead atoms. The molecule has 0 aromatic rings. The van der Waals surface area contributed by atoms with E-state index in [1.807, 2.05) is 0 Å². The molecule has 106 valence electrons. The highest BCUT2D eigenvalue weighted by molar-refractivity contribution is 6.08. The maximum absolute atomic E-state index is 12.1. The average molecular weight is 264 g/mol. The minimum absolute atomic E-state index is 0.0444. The second-order valence-electron chi connectivity index (χ2n) is 6.34. The van der Waals surface area contributed by atoms with E-state index in [2.05, 4.69) is 12.2 Å². The summed E-state index contributed by atoms with van der Waals surface area (Å²) in [5.74, 6) is 0.919. The highest BCUT2D eigenvalue weighted by Gasteiger charge is 2.59. The second kappa shape index (κ2) is 5.23. The number of amides is 2. The quantitative estimate of drug-likeness (QED) is 0.741. The third-order valence-electron chi connectivity index (χ3n) is 4.96. The van der Waals surface area contributed by atoms with Crippen molar-refractivity contribution in [1.29, 1.82) is 0 Å². The van der Waals surface area contributed by atoms with Crippen LogP contribution in [-0.2, 0) is 9.59 Å². The Balaban J connectivity index is 1.63. The molecule has 1 aliphatic heterocycles. The van der Waals surface area contributed by atoms with Gasteiger partial charge in [-0.25, -0.2) is 0 Å². The first-order valence-corrected chi connectivity index (χ1v) is 7.81. The first kappa shape index (κ1) is 13.1. The summed E-state index contributed by atoms with van der Waals surface area (Å²) in [6, 6.07) is 0.313. The van der Waals surface area contributed by atoms with Crippen molar-refractivity contribution in [2.45, 2.75) is 51.5 Å². The van der Waals surface area contributed by atoms with Crippen LogP contribution in [0, 0.1) is 17.8 Å². The van der Waals surface area contributed by atoms with Crippen molar-refractivity contribution in [3.8, 4) is 0 Å². The number of hydrogen-bond donors (Lipinski definition) is 1. The summed E-state index contributed by atoms with van der Waals surface area (Å²) in [5.41, 5.74) is 0. The summed E-state index contributed by atoms with van der Waals surface area (Å²) in [7, 11) is 0. The lowest BCUT2D eigenvalue weighted by Gasteiger charge is -2.29. The van der Waals surface area contributed by atoms with E-state index in [4.69, 9.17) is 0 Å². The van der Waals surface area contributed by atoms with Crippen molar-refractivity contribution in [3.63, 3.8) is 0 Å². The van der Waals surface area contributed by atoms with E-state index < -0.39 is 0 Å². The van der Waals surface area contributed by atoms with Crippen molar-refractivity contribution in [2.24, 2.45) is 17.8 Å². The summed E-state index contributed by atoms with van der Waals surface area (Å²) in [6.45, 7) is 3.74. The van der Waals surface area contributed by atoms with Gasteiger partial charge in [-0.05, 0) is 38.1 Å². The molecule has 0 radical (unpaired) electrons. The van der Waals surface area contributed by atoms with E-state index in [0.717, 1.165) is 19.4 Å². The molecule has 19 heavy (non-hydrogen) atoms. The molecule has 1 N–H and O–H groups in total. The molecule has 3 fully saturated rings. The highest BCUT2D eigenvalue weighted by atomic mass is 16.2. The van der Waals surface area contributed by atoms with Gasteiger partial charge in [-0.3, -0.25) is 14.5 Å². The fourth-order valence-corrected chi connectivity index (χ4v) is 3.70. The Bertz CT molecular complexity index is 356. The number of hydrogen-bond acceptors (Lipinski definition) is 3. The summed E-state index contributed by atoms with van der Waals surface area (Å²) >= 11 is 0. The Kier molecular flexibility index (Phi) is 3.61. The smallest absolute Gasteiger partial charge is 0.233 e. The fourth-order valence-electron chi connectivity index (χ4n) is 3.70. The van der Waals surface area contributed by atoms with Crippen LogP contribution in [0.3, 0.4) is 0 Å². The maximum Gasteiger partial charge on any atom is 0.233 e. The van der Waals surface area contributed by atoms with Crippen LogP contribution >= 0.6 is 0 Å². The lowest BCUT2D eigenvalue weighted by Crippen LogP contribution is -2.48. The summed E-state index contributed by atoms with van der Waals surface area (Å²) < 4.78 is 0.